The Hall–Kier alpha value is -1.56. The van der Waals surface area contributed by atoms with Crippen LogP contribution < -0.4 is 11.1 Å². The van der Waals surface area contributed by atoms with Gasteiger partial charge in [0.25, 0.3) is 0 Å². The first kappa shape index (κ1) is 14.5. The predicted molar refractivity (Wildman–Crippen MR) is 61.6 cm³/mol. The van der Waals surface area contributed by atoms with E-state index in [1.807, 2.05) is 0 Å². The van der Waals surface area contributed by atoms with Crippen LogP contribution in [0.5, 0.6) is 0 Å². The van der Waals surface area contributed by atoms with Crippen molar-refractivity contribution in [3.8, 4) is 0 Å². The molecule has 0 heterocycles. The molecule has 6 heteroatoms. The van der Waals surface area contributed by atoms with Crippen LogP contribution in [0.4, 0.5) is 13.2 Å². The number of alkyl halides is 3. The van der Waals surface area contributed by atoms with Gasteiger partial charge in [0.2, 0.25) is 5.91 Å². The fourth-order valence-corrected chi connectivity index (χ4v) is 1.43. The Morgan fingerprint density at radius 1 is 1.22 bits per heavy atom. The fraction of sp³-hybridized carbons (Fsp3) is 0.417. The minimum absolute atomic E-state index is 0.0410. The molecular formula is C12H15F3N2O. The van der Waals surface area contributed by atoms with Crippen LogP contribution in [0.15, 0.2) is 30.3 Å². The average Bonchev–Trinajstić information content (AvgIpc) is 2.25. The van der Waals surface area contributed by atoms with Gasteiger partial charge in [-0.2, -0.15) is 13.2 Å². The van der Waals surface area contributed by atoms with Crippen molar-refractivity contribution in [1.82, 2.24) is 5.32 Å². The molecule has 1 aromatic carbocycles. The first-order chi connectivity index (χ1) is 8.14. The number of amides is 1. The Morgan fingerprint density at radius 2 is 1.72 bits per heavy atom. The molecule has 0 fully saturated rings. The second-order valence-electron chi connectivity index (χ2n) is 4.52. The van der Waals surface area contributed by atoms with Crippen LogP contribution in [-0.2, 0) is 4.79 Å². The molecule has 0 saturated heterocycles. The van der Waals surface area contributed by atoms with Crippen molar-refractivity contribution < 1.29 is 18.0 Å². The topological polar surface area (TPSA) is 55.1 Å². The van der Waals surface area contributed by atoms with E-state index in [9.17, 15) is 18.0 Å². The highest BCUT2D eigenvalue weighted by molar-refractivity contribution is 5.83. The summed E-state index contributed by atoms with van der Waals surface area (Å²) in [5.74, 6) is -0.840. The zero-order chi connectivity index (χ0) is 14.0. The Kier molecular flexibility index (Phi) is 4.01. The molecule has 0 saturated carbocycles. The van der Waals surface area contributed by atoms with Crippen LogP contribution in [0.1, 0.15) is 25.5 Å². The number of hydrogen-bond acceptors (Lipinski definition) is 2. The summed E-state index contributed by atoms with van der Waals surface area (Å²) in [6.07, 6.45) is -4.51. The van der Waals surface area contributed by atoms with Gasteiger partial charge in [0.1, 0.15) is 6.04 Å². The molecular weight excluding hydrogens is 245 g/mol. The van der Waals surface area contributed by atoms with Gasteiger partial charge in [0, 0.05) is 0 Å². The Labute approximate surface area is 103 Å². The Balaban J connectivity index is 3.06. The summed E-state index contributed by atoms with van der Waals surface area (Å²) in [4.78, 5) is 11.1. The van der Waals surface area contributed by atoms with Crippen molar-refractivity contribution >= 4 is 5.91 Å². The summed E-state index contributed by atoms with van der Waals surface area (Å²) in [7, 11) is 0. The van der Waals surface area contributed by atoms with E-state index in [-0.39, 0.29) is 5.56 Å². The quantitative estimate of drug-likeness (QED) is 0.871. The lowest BCUT2D eigenvalue weighted by Gasteiger charge is -2.30. The van der Waals surface area contributed by atoms with Crippen LogP contribution in [0.2, 0.25) is 0 Å². The molecule has 0 spiro atoms. The number of benzene rings is 1. The van der Waals surface area contributed by atoms with Gasteiger partial charge < -0.3 is 5.73 Å². The molecule has 1 unspecified atom stereocenters. The normalized spacial score (nSPS) is 14.3. The van der Waals surface area contributed by atoms with Gasteiger partial charge in [-0.1, -0.05) is 30.3 Å². The van der Waals surface area contributed by atoms with E-state index >= 15 is 0 Å². The molecule has 3 nitrogen and oxygen atoms in total. The number of carbonyl (C=O) groups is 1. The van der Waals surface area contributed by atoms with E-state index in [1.54, 1.807) is 6.07 Å². The summed E-state index contributed by atoms with van der Waals surface area (Å²) in [5.41, 5.74) is 3.66. The summed E-state index contributed by atoms with van der Waals surface area (Å²) in [5, 5.41) is 2.25. The summed E-state index contributed by atoms with van der Waals surface area (Å²) < 4.78 is 39.0. The molecule has 0 aromatic heterocycles. The van der Waals surface area contributed by atoms with Crippen LogP contribution in [0.3, 0.4) is 0 Å². The van der Waals surface area contributed by atoms with E-state index in [1.165, 1.54) is 38.1 Å². The van der Waals surface area contributed by atoms with Gasteiger partial charge in [-0.05, 0) is 19.4 Å². The highest BCUT2D eigenvalue weighted by atomic mass is 19.4. The molecule has 100 valence electrons. The van der Waals surface area contributed by atoms with Crippen molar-refractivity contribution in [2.45, 2.75) is 31.6 Å². The van der Waals surface area contributed by atoms with Crippen LogP contribution in [-0.4, -0.2) is 17.6 Å². The number of rotatable bonds is 4. The maximum absolute atomic E-state index is 13.0. The number of nitrogens with two attached hydrogens (primary N) is 1. The molecule has 0 aliphatic carbocycles. The van der Waals surface area contributed by atoms with E-state index in [4.69, 9.17) is 5.73 Å². The van der Waals surface area contributed by atoms with Gasteiger partial charge in [0.05, 0.1) is 5.54 Å². The van der Waals surface area contributed by atoms with Gasteiger partial charge in [-0.15, -0.1) is 0 Å². The maximum atomic E-state index is 13.0. The summed E-state index contributed by atoms with van der Waals surface area (Å²) in [6.45, 7) is 2.63. The highest BCUT2D eigenvalue weighted by Crippen LogP contribution is 2.34. The van der Waals surface area contributed by atoms with Gasteiger partial charge in [-0.25, -0.2) is 0 Å². The number of hydrogen-bond donors (Lipinski definition) is 2. The first-order valence-corrected chi connectivity index (χ1v) is 5.34. The lowest BCUT2D eigenvalue weighted by atomic mass is 9.99. The number of halogens is 3. The van der Waals surface area contributed by atoms with E-state index in [0.29, 0.717) is 0 Å². The third-order valence-electron chi connectivity index (χ3n) is 2.58. The summed E-state index contributed by atoms with van der Waals surface area (Å²) >= 11 is 0. The van der Waals surface area contributed by atoms with Crippen molar-refractivity contribution in [2.24, 2.45) is 5.73 Å². The number of primary amides is 1. The fourth-order valence-electron chi connectivity index (χ4n) is 1.43. The number of carbonyl (C=O) groups excluding carboxylic acids is 1. The molecule has 0 bridgehead atoms. The van der Waals surface area contributed by atoms with Gasteiger partial charge in [0.15, 0.2) is 0 Å². The van der Waals surface area contributed by atoms with E-state index < -0.39 is 23.7 Å². The second-order valence-corrected chi connectivity index (χ2v) is 4.52. The van der Waals surface area contributed by atoms with Gasteiger partial charge in [-0.3, -0.25) is 10.1 Å². The molecule has 0 aliphatic rings. The lowest BCUT2D eigenvalue weighted by molar-refractivity contribution is -0.163. The standard InChI is InChI=1S/C12H15F3N2O/c1-11(2,10(16)18)17-9(12(13,14)15)8-6-4-3-5-7-8/h3-7,9,17H,1-2H3,(H2,16,18). The van der Waals surface area contributed by atoms with E-state index in [2.05, 4.69) is 5.32 Å². The SMILES string of the molecule is CC(C)(NC(c1ccccc1)C(F)(F)F)C(N)=O. The third-order valence-corrected chi connectivity index (χ3v) is 2.58. The van der Waals surface area contributed by atoms with Gasteiger partial charge >= 0.3 is 6.18 Å². The van der Waals surface area contributed by atoms with Crippen molar-refractivity contribution in [3.63, 3.8) is 0 Å². The molecule has 1 aromatic rings. The minimum Gasteiger partial charge on any atom is -0.368 e. The monoisotopic (exact) mass is 260 g/mol. The van der Waals surface area contributed by atoms with E-state index in [0.717, 1.165) is 0 Å². The molecule has 18 heavy (non-hydrogen) atoms. The zero-order valence-corrected chi connectivity index (χ0v) is 10.1. The van der Waals surface area contributed by atoms with Crippen molar-refractivity contribution in [2.75, 3.05) is 0 Å². The first-order valence-electron chi connectivity index (χ1n) is 5.34. The largest absolute Gasteiger partial charge is 0.407 e. The maximum Gasteiger partial charge on any atom is 0.407 e. The Morgan fingerprint density at radius 3 is 2.11 bits per heavy atom. The smallest absolute Gasteiger partial charge is 0.368 e. The second kappa shape index (κ2) is 4.97. The minimum atomic E-state index is -4.51. The molecule has 1 atom stereocenters. The number of nitrogens with one attached hydrogen (secondary N) is 1. The highest BCUT2D eigenvalue weighted by Gasteiger charge is 2.44. The van der Waals surface area contributed by atoms with Crippen LogP contribution >= 0.6 is 0 Å². The molecule has 1 amide bonds. The lowest BCUT2D eigenvalue weighted by Crippen LogP contribution is -2.54. The molecule has 3 N–H and O–H groups in total. The molecule has 1 rings (SSSR count). The molecule has 0 radical (unpaired) electrons. The van der Waals surface area contributed by atoms with Crippen LogP contribution in [0.25, 0.3) is 0 Å². The van der Waals surface area contributed by atoms with Crippen molar-refractivity contribution in [1.29, 1.82) is 0 Å². The summed E-state index contributed by atoms with van der Waals surface area (Å²) in [6, 6.07) is 5.40. The molecule has 0 aliphatic heterocycles. The third kappa shape index (κ3) is 3.46. The zero-order valence-electron chi connectivity index (χ0n) is 10.1. The average molecular weight is 260 g/mol. The predicted octanol–water partition coefficient (Wildman–Crippen LogP) is 2.14. The van der Waals surface area contributed by atoms with Crippen LogP contribution in [0, 0.1) is 0 Å². The van der Waals surface area contributed by atoms with Crippen molar-refractivity contribution in [3.05, 3.63) is 35.9 Å². The Bertz CT molecular complexity index is 415.